The van der Waals surface area contributed by atoms with Crippen LogP contribution in [0.5, 0.6) is 5.88 Å². The van der Waals surface area contributed by atoms with Crippen molar-refractivity contribution in [2.75, 3.05) is 7.11 Å². The molecule has 4 rings (SSSR count). The van der Waals surface area contributed by atoms with E-state index in [4.69, 9.17) is 4.74 Å². The van der Waals surface area contributed by atoms with E-state index in [0.717, 1.165) is 15.6 Å². The Hall–Kier alpha value is -3.72. The largest absolute Gasteiger partial charge is 0.481 e. The summed E-state index contributed by atoms with van der Waals surface area (Å²) >= 11 is 3.38. The van der Waals surface area contributed by atoms with Gasteiger partial charge in [0.1, 0.15) is 0 Å². The second-order valence-electron chi connectivity index (χ2n) is 7.48. The average Bonchev–Trinajstić information content (AvgIpc) is 2.84. The topological polar surface area (TPSA) is 95.2 Å². The number of fused-ring (bicyclic) bond motifs is 1. The fourth-order valence-electron chi connectivity index (χ4n) is 3.53. The maximum absolute atomic E-state index is 13.2. The summed E-state index contributed by atoms with van der Waals surface area (Å²) in [6.45, 7) is 0.409. The predicted octanol–water partition coefficient (Wildman–Crippen LogP) is 2.84. The van der Waals surface area contributed by atoms with Crippen LogP contribution in [0.15, 0.2) is 74.9 Å². The van der Waals surface area contributed by atoms with Crippen molar-refractivity contribution in [2.24, 2.45) is 7.05 Å². The summed E-state index contributed by atoms with van der Waals surface area (Å²) in [6.07, 6.45) is 1.60. The van der Waals surface area contributed by atoms with Crippen molar-refractivity contribution in [2.45, 2.75) is 13.1 Å². The number of nitrogens with one attached hydrogen (secondary N) is 1. The van der Waals surface area contributed by atoms with E-state index in [0.29, 0.717) is 22.3 Å². The molecule has 0 fully saturated rings. The van der Waals surface area contributed by atoms with Crippen LogP contribution in [0, 0.1) is 0 Å². The molecule has 0 spiro atoms. The van der Waals surface area contributed by atoms with Gasteiger partial charge < -0.3 is 10.1 Å². The third-order valence-electron chi connectivity index (χ3n) is 5.33. The molecule has 1 amide bonds. The summed E-state index contributed by atoms with van der Waals surface area (Å²) < 4.78 is 8.60. The van der Waals surface area contributed by atoms with Crippen molar-refractivity contribution in [3.63, 3.8) is 0 Å². The number of aromatic nitrogens is 3. The van der Waals surface area contributed by atoms with Gasteiger partial charge >= 0.3 is 5.69 Å². The zero-order chi connectivity index (χ0) is 23.5. The van der Waals surface area contributed by atoms with E-state index in [1.54, 1.807) is 37.5 Å². The Morgan fingerprint density at radius 3 is 2.55 bits per heavy atom. The van der Waals surface area contributed by atoms with Crippen LogP contribution in [-0.4, -0.2) is 27.1 Å². The molecule has 2 heterocycles. The summed E-state index contributed by atoms with van der Waals surface area (Å²) in [5.41, 5.74) is 1.58. The Morgan fingerprint density at radius 2 is 1.82 bits per heavy atom. The maximum atomic E-state index is 13.2. The highest BCUT2D eigenvalue weighted by atomic mass is 79.9. The zero-order valence-electron chi connectivity index (χ0n) is 18.0. The van der Waals surface area contributed by atoms with Gasteiger partial charge in [0.25, 0.3) is 11.5 Å². The van der Waals surface area contributed by atoms with Crippen LogP contribution >= 0.6 is 15.9 Å². The van der Waals surface area contributed by atoms with Gasteiger partial charge in [0.15, 0.2) is 0 Å². The number of carbonyl (C=O) groups is 1. The lowest BCUT2D eigenvalue weighted by atomic mass is 10.1. The SMILES string of the molecule is COc1cc(CNC(=O)c2ccc3c(c2)c(=O)n(Cc2ccc(Br)cc2)c(=O)n3C)ccn1. The number of pyridine rings is 1. The molecule has 0 atom stereocenters. The molecule has 2 aromatic carbocycles. The van der Waals surface area contributed by atoms with Crippen molar-refractivity contribution in [3.8, 4) is 5.88 Å². The number of hydrogen-bond donors (Lipinski definition) is 1. The number of carbonyl (C=O) groups excluding carboxylic acids is 1. The van der Waals surface area contributed by atoms with Crippen molar-refractivity contribution in [3.05, 3.63) is 103 Å². The minimum atomic E-state index is -0.440. The molecule has 4 aromatic rings. The Balaban J connectivity index is 1.65. The van der Waals surface area contributed by atoms with Crippen LogP contribution in [0.2, 0.25) is 0 Å². The Bertz CT molecular complexity index is 1460. The van der Waals surface area contributed by atoms with Crippen molar-refractivity contribution in [1.82, 2.24) is 19.4 Å². The molecule has 9 heteroatoms. The van der Waals surface area contributed by atoms with Crippen molar-refractivity contribution in [1.29, 1.82) is 0 Å². The van der Waals surface area contributed by atoms with Gasteiger partial charge in [0.2, 0.25) is 5.88 Å². The number of halogens is 1. The molecule has 0 aliphatic heterocycles. The minimum Gasteiger partial charge on any atom is -0.481 e. The lowest BCUT2D eigenvalue weighted by molar-refractivity contribution is 0.0951. The average molecular weight is 509 g/mol. The first kappa shape index (κ1) is 22.5. The minimum absolute atomic E-state index is 0.134. The molecule has 0 radical (unpaired) electrons. The molecule has 8 nitrogen and oxygen atoms in total. The van der Waals surface area contributed by atoms with Gasteiger partial charge in [-0.05, 0) is 47.5 Å². The summed E-state index contributed by atoms with van der Waals surface area (Å²) in [7, 11) is 3.13. The monoisotopic (exact) mass is 508 g/mol. The third kappa shape index (κ3) is 4.73. The van der Waals surface area contributed by atoms with E-state index in [-0.39, 0.29) is 19.0 Å². The number of methoxy groups -OCH3 is 1. The van der Waals surface area contributed by atoms with Gasteiger partial charge in [0.05, 0.1) is 24.6 Å². The Morgan fingerprint density at radius 1 is 1.06 bits per heavy atom. The molecule has 1 N–H and O–H groups in total. The number of benzene rings is 2. The van der Waals surface area contributed by atoms with Gasteiger partial charge in [-0.1, -0.05) is 28.1 Å². The molecule has 2 aromatic heterocycles. The van der Waals surface area contributed by atoms with Gasteiger partial charge in [-0.15, -0.1) is 0 Å². The Labute approximate surface area is 197 Å². The molecule has 0 unspecified atom stereocenters. The molecular weight excluding hydrogens is 488 g/mol. The van der Waals surface area contributed by atoms with Gasteiger partial charge in [-0.2, -0.15) is 0 Å². The lowest BCUT2D eigenvalue weighted by Gasteiger charge is -2.12. The fraction of sp³-hybridized carbons (Fsp3) is 0.167. The standard InChI is InChI=1S/C24H21BrN4O4/c1-28-20-8-5-17(22(30)27-13-16-9-10-26-21(11-16)33-2)12-19(20)23(31)29(24(28)32)14-15-3-6-18(25)7-4-15/h3-12H,13-14H2,1-2H3,(H,27,30). The molecular formula is C24H21BrN4O4. The van der Waals surface area contributed by atoms with Crippen LogP contribution in [0.1, 0.15) is 21.5 Å². The predicted molar refractivity (Wildman–Crippen MR) is 129 cm³/mol. The smallest absolute Gasteiger partial charge is 0.331 e. The van der Waals surface area contributed by atoms with E-state index in [1.165, 1.54) is 22.3 Å². The van der Waals surface area contributed by atoms with Crippen LogP contribution in [0.25, 0.3) is 10.9 Å². The highest BCUT2D eigenvalue weighted by Crippen LogP contribution is 2.14. The molecule has 0 aliphatic rings. The van der Waals surface area contributed by atoms with E-state index >= 15 is 0 Å². The second-order valence-corrected chi connectivity index (χ2v) is 8.40. The normalized spacial score (nSPS) is 10.9. The van der Waals surface area contributed by atoms with Crippen molar-refractivity contribution >= 4 is 32.7 Å². The summed E-state index contributed by atoms with van der Waals surface area (Å²) in [4.78, 5) is 42.8. The zero-order valence-corrected chi connectivity index (χ0v) is 19.6. The Kier molecular flexibility index (Phi) is 6.41. The molecule has 0 saturated heterocycles. The first-order valence-corrected chi connectivity index (χ1v) is 10.9. The van der Waals surface area contributed by atoms with Gasteiger partial charge in [0, 0.05) is 35.9 Å². The summed E-state index contributed by atoms with van der Waals surface area (Å²) in [5, 5.41) is 3.13. The van der Waals surface area contributed by atoms with E-state index in [2.05, 4.69) is 26.2 Å². The summed E-state index contributed by atoms with van der Waals surface area (Å²) in [5.74, 6) is 0.125. The maximum Gasteiger partial charge on any atom is 0.331 e. The number of amides is 1. The van der Waals surface area contributed by atoms with Crippen molar-refractivity contribution < 1.29 is 9.53 Å². The van der Waals surface area contributed by atoms with Gasteiger partial charge in [-0.3, -0.25) is 18.7 Å². The number of rotatable bonds is 6. The highest BCUT2D eigenvalue weighted by Gasteiger charge is 2.14. The van der Waals surface area contributed by atoms with E-state index in [9.17, 15) is 14.4 Å². The van der Waals surface area contributed by atoms with Gasteiger partial charge in [-0.25, -0.2) is 9.78 Å². The summed E-state index contributed by atoms with van der Waals surface area (Å²) in [6, 6.07) is 15.7. The first-order valence-electron chi connectivity index (χ1n) is 10.1. The molecule has 0 aliphatic carbocycles. The highest BCUT2D eigenvalue weighted by molar-refractivity contribution is 9.10. The first-order chi connectivity index (χ1) is 15.9. The number of aryl methyl sites for hydroxylation is 1. The number of hydrogen-bond acceptors (Lipinski definition) is 5. The lowest BCUT2D eigenvalue weighted by Crippen LogP contribution is -2.39. The van der Waals surface area contributed by atoms with Crippen LogP contribution < -0.4 is 21.3 Å². The molecule has 33 heavy (non-hydrogen) atoms. The number of nitrogens with zero attached hydrogens (tertiary/aromatic N) is 3. The third-order valence-corrected chi connectivity index (χ3v) is 5.86. The fourth-order valence-corrected chi connectivity index (χ4v) is 3.79. The molecule has 168 valence electrons. The quantitative estimate of drug-likeness (QED) is 0.432. The van der Waals surface area contributed by atoms with Crippen LogP contribution in [0.3, 0.4) is 0 Å². The molecule has 0 saturated carbocycles. The molecule has 0 bridgehead atoms. The second kappa shape index (κ2) is 9.41. The van der Waals surface area contributed by atoms with E-state index in [1.807, 2.05) is 24.3 Å². The van der Waals surface area contributed by atoms with Crippen LogP contribution in [0.4, 0.5) is 0 Å². The number of ether oxygens (including phenoxy) is 1. The van der Waals surface area contributed by atoms with Crippen LogP contribution in [-0.2, 0) is 20.1 Å². The van der Waals surface area contributed by atoms with E-state index < -0.39 is 11.2 Å².